The Hall–Kier alpha value is -4.15. The van der Waals surface area contributed by atoms with Gasteiger partial charge in [0, 0.05) is 12.5 Å². The van der Waals surface area contributed by atoms with Crippen LogP contribution < -0.4 is 14.8 Å². The number of aromatic nitrogens is 2. The largest absolute Gasteiger partial charge is 0.497 e. The number of likely N-dealkylation sites (tertiary alicyclic amines) is 1. The lowest BCUT2D eigenvalue weighted by Crippen LogP contribution is -2.57. The van der Waals surface area contributed by atoms with E-state index in [1.165, 1.54) is 18.1 Å². The molecule has 1 saturated heterocycles. The Labute approximate surface area is 252 Å². The Morgan fingerprint density at radius 3 is 2.56 bits per heavy atom. The van der Waals surface area contributed by atoms with Crippen molar-refractivity contribution in [3.05, 3.63) is 43.1 Å². The van der Waals surface area contributed by atoms with Crippen molar-refractivity contribution in [3.63, 3.8) is 0 Å². The smallest absolute Gasteiger partial charge is 0.408 e. The summed E-state index contributed by atoms with van der Waals surface area (Å²) in [5.41, 5.74) is 0.946. The van der Waals surface area contributed by atoms with Gasteiger partial charge in [-0.25, -0.2) is 19.6 Å². The zero-order chi connectivity index (χ0) is 31.3. The highest BCUT2D eigenvalue weighted by atomic mass is 16.6. The third-order valence-corrected chi connectivity index (χ3v) is 7.83. The van der Waals surface area contributed by atoms with Gasteiger partial charge >= 0.3 is 12.1 Å². The minimum atomic E-state index is -0.958. The average molecular weight is 595 g/mol. The maximum absolute atomic E-state index is 14.0. The zero-order valence-electron chi connectivity index (χ0n) is 25.6. The zero-order valence-corrected chi connectivity index (χ0v) is 25.6. The van der Waals surface area contributed by atoms with Crippen LogP contribution in [-0.2, 0) is 19.1 Å². The first-order chi connectivity index (χ1) is 20.5. The summed E-state index contributed by atoms with van der Waals surface area (Å²) in [4.78, 5) is 50.3. The molecule has 1 N–H and O–H groups in total. The Kier molecular flexibility index (Phi) is 9.93. The van der Waals surface area contributed by atoms with Crippen LogP contribution in [0.2, 0.25) is 0 Å². The number of alkyl carbamates (subject to hydrolysis) is 1. The highest BCUT2D eigenvalue weighted by molar-refractivity contribution is 5.91. The molecule has 2 fully saturated rings. The Morgan fingerprint density at radius 2 is 1.91 bits per heavy atom. The molecule has 2 aromatic rings. The summed E-state index contributed by atoms with van der Waals surface area (Å²) < 4.78 is 22.2. The van der Waals surface area contributed by atoms with Crippen LogP contribution in [0.5, 0.6) is 11.6 Å². The number of unbranched alkanes of at least 4 members (excludes halogenated alkanes) is 1. The highest BCUT2D eigenvalue weighted by Crippen LogP contribution is 2.38. The molecule has 0 bridgehead atoms. The van der Waals surface area contributed by atoms with Crippen LogP contribution in [0.4, 0.5) is 4.79 Å². The Morgan fingerprint density at radius 1 is 1.14 bits per heavy atom. The molecule has 1 aliphatic carbocycles. The molecule has 1 saturated carbocycles. The molecule has 5 atom stereocenters. The van der Waals surface area contributed by atoms with E-state index in [1.807, 2.05) is 26.8 Å². The first-order valence-corrected chi connectivity index (χ1v) is 14.6. The van der Waals surface area contributed by atoms with E-state index >= 15 is 0 Å². The Bertz CT molecular complexity index is 1370. The van der Waals surface area contributed by atoms with Gasteiger partial charge in [-0.2, -0.15) is 0 Å². The van der Waals surface area contributed by atoms with Gasteiger partial charge < -0.3 is 29.2 Å². The number of fused-ring (bicyclic) bond motifs is 1. The summed E-state index contributed by atoms with van der Waals surface area (Å²) in [5.74, 6) is 0.164. The number of methoxy groups -OCH3 is 2. The molecule has 2 amide bonds. The fourth-order valence-electron chi connectivity index (χ4n) is 5.32. The minimum absolute atomic E-state index is 0.0737. The van der Waals surface area contributed by atoms with Crippen molar-refractivity contribution in [2.45, 2.75) is 77.2 Å². The number of carbonyl (C=O) groups is 3. The van der Waals surface area contributed by atoms with Gasteiger partial charge in [0.15, 0.2) is 0 Å². The molecule has 0 spiro atoms. The molecular formula is C32H42N4O7. The van der Waals surface area contributed by atoms with E-state index < -0.39 is 41.6 Å². The molecule has 1 aliphatic heterocycles. The van der Waals surface area contributed by atoms with Crippen LogP contribution in [-0.4, -0.2) is 77.9 Å². The van der Waals surface area contributed by atoms with Gasteiger partial charge in [0.2, 0.25) is 11.8 Å². The van der Waals surface area contributed by atoms with Gasteiger partial charge in [-0.3, -0.25) is 4.79 Å². The van der Waals surface area contributed by atoms with Crippen LogP contribution in [0.15, 0.2) is 37.4 Å². The normalized spacial score (nSPS) is 21.9. The highest BCUT2D eigenvalue weighted by Gasteiger charge is 2.47. The number of nitrogens with one attached hydrogen (secondary N) is 1. The van der Waals surface area contributed by atoms with E-state index in [0.717, 1.165) is 25.7 Å². The molecule has 232 valence electrons. The predicted molar refractivity (Wildman–Crippen MR) is 162 cm³/mol. The van der Waals surface area contributed by atoms with Gasteiger partial charge in [-0.05, 0) is 55.2 Å². The molecule has 2 heterocycles. The molecule has 1 aromatic heterocycles. The maximum Gasteiger partial charge on any atom is 0.408 e. The number of esters is 1. The fourth-order valence-corrected chi connectivity index (χ4v) is 5.32. The summed E-state index contributed by atoms with van der Waals surface area (Å²) >= 11 is 0. The molecule has 0 radical (unpaired) electrons. The molecule has 4 rings (SSSR count). The van der Waals surface area contributed by atoms with E-state index in [2.05, 4.69) is 28.4 Å². The van der Waals surface area contributed by atoms with E-state index in [-0.39, 0.29) is 24.9 Å². The number of allylic oxidation sites excluding steroid dienone is 1. The molecule has 1 aromatic carbocycles. The average Bonchev–Trinajstić information content (AvgIpc) is 3.57. The van der Waals surface area contributed by atoms with Gasteiger partial charge in [0.25, 0.3) is 0 Å². The van der Waals surface area contributed by atoms with E-state index in [4.69, 9.17) is 18.9 Å². The summed E-state index contributed by atoms with van der Waals surface area (Å²) in [7, 11) is 2.84. The monoisotopic (exact) mass is 594 g/mol. The van der Waals surface area contributed by atoms with Crippen molar-refractivity contribution in [1.29, 1.82) is 0 Å². The summed E-state index contributed by atoms with van der Waals surface area (Å²) in [5, 5.41) is 2.78. The van der Waals surface area contributed by atoms with Gasteiger partial charge in [0.05, 0.1) is 31.8 Å². The number of nitrogens with zero attached hydrogens (tertiary/aromatic N) is 3. The lowest BCUT2D eigenvalue weighted by molar-refractivity contribution is -0.152. The second-order valence-corrected chi connectivity index (χ2v) is 12.1. The summed E-state index contributed by atoms with van der Waals surface area (Å²) in [6.07, 6.45) is 5.88. The number of carbonyl (C=O) groups excluding carboxylic acids is 3. The standard InChI is InChI=1S/C32H42N4O7/c1-8-10-11-12-19-15-26(19)43-31(39)35-27(32(3,4)5)29(37)36-18-21(17-25(36)30(38)41-7)42-28-22(9-2)33-23-14-13-20(40-6)16-24(23)34-28/h8-9,13-14,16,19,21,25-27H,1-2,10-12,15,17-18H2,3-7H3,(H,35,39)/t19-,21-,25+,26-,27-/m1/s1. The van der Waals surface area contributed by atoms with Crippen LogP contribution in [0.1, 0.15) is 58.6 Å². The predicted octanol–water partition coefficient (Wildman–Crippen LogP) is 4.69. The van der Waals surface area contributed by atoms with Crippen molar-refractivity contribution in [2.75, 3.05) is 20.8 Å². The minimum Gasteiger partial charge on any atom is -0.497 e. The lowest BCUT2D eigenvalue weighted by atomic mass is 9.85. The third-order valence-electron chi connectivity index (χ3n) is 7.83. The van der Waals surface area contributed by atoms with Crippen molar-refractivity contribution in [1.82, 2.24) is 20.2 Å². The van der Waals surface area contributed by atoms with Gasteiger partial charge in [0.1, 0.15) is 35.7 Å². The number of hydrogen-bond acceptors (Lipinski definition) is 9. The van der Waals surface area contributed by atoms with E-state index in [9.17, 15) is 14.4 Å². The van der Waals surface area contributed by atoms with Gasteiger partial charge in [-0.15, -0.1) is 6.58 Å². The first-order valence-electron chi connectivity index (χ1n) is 14.6. The fraction of sp³-hybridized carbons (Fsp3) is 0.531. The number of hydrogen-bond donors (Lipinski definition) is 1. The van der Waals surface area contributed by atoms with Crippen molar-refractivity contribution >= 4 is 35.1 Å². The third kappa shape index (κ3) is 7.63. The quantitative estimate of drug-likeness (QED) is 0.211. The van der Waals surface area contributed by atoms with E-state index in [0.29, 0.717) is 28.4 Å². The Balaban J connectivity index is 1.50. The SMILES string of the molecule is C=CCCC[C@@H]1C[C@H]1OC(=O)N[C@H](C(=O)N1C[C@H](Oc2nc3cc(OC)ccc3nc2C=C)C[C@H]1C(=O)OC)C(C)(C)C. The van der Waals surface area contributed by atoms with Crippen molar-refractivity contribution < 1.29 is 33.3 Å². The lowest BCUT2D eigenvalue weighted by Gasteiger charge is -2.34. The first kappa shape index (κ1) is 31.8. The number of benzene rings is 1. The molecule has 2 aliphatic rings. The maximum atomic E-state index is 14.0. The van der Waals surface area contributed by atoms with Crippen LogP contribution >= 0.6 is 0 Å². The second kappa shape index (κ2) is 13.4. The topological polar surface area (TPSA) is 129 Å². The van der Waals surface area contributed by atoms with Crippen molar-refractivity contribution in [2.24, 2.45) is 11.3 Å². The summed E-state index contributed by atoms with van der Waals surface area (Å²) in [6.45, 7) is 13.2. The van der Waals surface area contributed by atoms with Crippen molar-refractivity contribution in [3.8, 4) is 11.6 Å². The van der Waals surface area contributed by atoms with Gasteiger partial charge in [-0.1, -0.05) is 33.4 Å². The molecule has 0 unspecified atom stereocenters. The van der Waals surface area contributed by atoms with Crippen LogP contribution in [0.25, 0.3) is 17.1 Å². The second-order valence-electron chi connectivity index (χ2n) is 12.1. The summed E-state index contributed by atoms with van der Waals surface area (Å²) in [6, 6.07) is 3.45. The molecular weight excluding hydrogens is 552 g/mol. The number of rotatable bonds is 12. The molecule has 11 heteroatoms. The molecule has 11 nitrogen and oxygen atoms in total. The molecule has 43 heavy (non-hydrogen) atoms. The van der Waals surface area contributed by atoms with Crippen LogP contribution in [0.3, 0.4) is 0 Å². The number of ether oxygens (including phenoxy) is 4. The van der Waals surface area contributed by atoms with E-state index in [1.54, 1.807) is 25.3 Å². The number of amides is 2. The van der Waals surface area contributed by atoms with Crippen LogP contribution in [0, 0.1) is 11.3 Å².